The summed E-state index contributed by atoms with van der Waals surface area (Å²) in [7, 11) is 3.24. The number of halogens is 1. The number of hydrogen-bond acceptors (Lipinski definition) is 3. The number of rotatable bonds is 3. The van der Waals surface area contributed by atoms with E-state index in [0.717, 1.165) is 10.0 Å². The van der Waals surface area contributed by atoms with Crippen molar-refractivity contribution in [3.8, 4) is 11.5 Å². The first-order valence-electron chi connectivity index (χ1n) is 5.48. The van der Waals surface area contributed by atoms with E-state index in [1.54, 1.807) is 14.2 Å². The van der Waals surface area contributed by atoms with Gasteiger partial charge >= 0.3 is 0 Å². The van der Waals surface area contributed by atoms with E-state index in [4.69, 9.17) is 15.2 Å². The lowest BCUT2D eigenvalue weighted by Gasteiger charge is -2.28. The molecule has 0 aromatic heterocycles. The van der Waals surface area contributed by atoms with Gasteiger partial charge in [0.15, 0.2) is 11.5 Å². The summed E-state index contributed by atoms with van der Waals surface area (Å²) in [6.45, 7) is 6.34. The molecular weight excluding hydrogens is 282 g/mol. The van der Waals surface area contributed by atoms with Crippen molar-refractivity contribution in [2.24, 2.45) is 11.1 Å². The molecule has 2 N–H and O–H groups in total. The normalized spacial score (nSPS) is 13.4. The second kappa shape index (κ2) is 5.27. The predicted molar refractivity (Wildman–Crippen MR) is 73.6 cm³/mol. The molecule has 96 valence electrons. The Hall–Kier alpha value is -0.740. The first kappa shape index (κ1) is 14.3. The van der Waals surface area contributed by atoms with Crippen LogP contribution in [-0.2, 0) is 0 Å². The highest BCUT2D eigenvalue weighted by Gasteiger charge is 2.25. The van der Waals surface area contributed by atoms with Gasteiger partial charge in [0, 0.05) is 10.5 Å². The minimum Gasteiger partial charge on any atom is -0.493 e. The van der Waals surface area contributed by atoms with Crippen molar-refractivity contribution in [2.75, 3.05) is 14.2 Å². The van der Waals surface area contributed by atoms with Gasteiger partial charge in [-0.2, -0.15) is 0 Å². The third-order valence-corrected chi connectivity index (χ3v) is 3.46. The summed E-state index contributed by atoms with van der Waals surface area (Å²) in [6.07, 6.45) is 0. The maximum atomic E-state index is 6.26. The van der Waals surface area contributed by atoms with Crippen molar-refractivity contribution >= 4 is 15.9 Å². The van der Waals surface area contributed by atoms with Gasteiger partial charge in [-0.05, 0) is 23.1 Å². The zero-order valence-electron chi connectivity index (χ0n) is 11.0. The number of hydrogen-bond donors (Lipinski definition) is 1. The lowest BCUT2D eigenvalue weighted by atomic mass is 9.83. The summed E-state index contributed by atoms with van der Waals surface area (Å²) >= 11 is 3.53. The first-order valence-corrected chi connectivity index (χ1v) is 6.27. The van der Waals surface area contributed by atoms with E-state index in [1.807, 2.05) is 12.1 Å². The Bertz CT molecular complexity index is 399. The fourth-order valence-electron chi connectivity index (χ4n) is 1.57. The molecule has 4 heteroatoms. The van der Waals surface area contributed by atoms with Crippen molar-refractivity contribution in [1.82, 2.24) is 0 Å². The van der Waals surface area contributed by atoms with Gasteiger partial charge in [0.05, 0.1) is 14.2 Å². The Morgan fingerprint density at radius 3 is 2.00 bits per heavy atom. The van der Waals surface area contributed by atoms with Gasteiger partial charge < -0.3 is 15.2 Å². The van der Waals surface area contributed by atoms with Crippen LogP contribution in [0.1, 0.15) is 32.4 Å². The minimum atomic E-state index is -0.0725. The van der Waals surface area contributed by atoms with Crippen molar-refractivity contribution in [2.45, 2.75) is 26.8 Å². The summed E-state index contributed by atoms with van der Waals surface area (Å²) in [5.41, 5.74) is 7.27. The van der Waals surface area contributed by atoms with Gasteiger partial charge in [0.25, 0.3) is 0 Å². The molecular formula is C13H20BrNO2. The Kier molecular flexibility index (Phi) is 4.44. The number of ether oxygens (including phenoxy) is 2. The summed E-state index contributed by atoms with van der Waals surface area (Å²) < 4.78 is 11.5. The van der Waals surface area contributed by atoms with E-state index in [1.165, 1.54) is 0 Å². The first-order chi connectivity index (χ1) is 7.81. The smallest absolute Gasteiger partial charge is 0.161 e. The molecule has 1 rings (SSSR count). The highest BCUT2D eigenvalue weighted by Crippen LogP contribution is 2.40. The zero-order valence-corrected chi connectivity index (χ0v) is 12.6. The maximum Gasteiger partial charge on any atom is 0.161 e. The summed E-state index contributed by atoms with van der Waals surface area (Å²) in [4.78, 5) is 0. The quantitative estimate of drug-likeness (QED) is 0.929. The van der Waals surface area contributed by atoms with Crippen molar-refractivity contribution in [1.29, 1.82) is 0 Å². The molecule has 0 heterocycles. The molecule has 0 bridgehead atoms. The average molecular weight is 302 g/mol. The van der Waals surface area contributed by atoms with Crippen molar-refractivity contribution in [3.63, 3.8) is 0 Å². The molecule has 1 aromatic carbocycles. The van der Waals surface area contributed by atoms with Crippen LogP contribution in [0.4, 0.5) is 0 Å². The Morgan fingerprint density at radius 2 is 1.59 bits per heavy atom. The number of benzene rings is 1. The molecule has 3 nitrogen and oxygen atoms in total. The largest absolute Gasteiger partial charge is 0.493 e. The van der Waals surface area contributed by atoms with Gasteiger partial charge in [-0.1, -0.05) is 36.7 Å². The SMILES string of the molecule is COc1cc(Br)c(C(N)C(C)(C)C)cc1OC. The molecule has 0 spiro atoms. The van der Waals surface area contributed by atoms with Crippen molar-refractivity contribution < 1.29 is 9.47 Å². The molecule has 0 aliphatic rings. The molecule has 0 aliphatic heterocycles. The van der Waals surface area contributed by atoms with E-state index in [9.17, 15) is 0 Å². The molecule has 17 heavy (non-hydrogen) atoms. The van der Waals surface area contributed by atoms with E-state index in [-0.39, 0.29) is 11.5 Å². The van der Waals surface area contributed by atoms with Crippen molar-refractivity contribution in [3.05, 3.63) is 22.2 Å². The fraction of sp³-hybridized carbons (Fsp3) is 0.538. The summed E-state index contributed by atoms with van der Waals surface area (Å²) in [6, 6.07) is 3.75. The van der Waals surface area contributed by atoms with Crippen LogP contribution in [0, 0.1) is 5.41 Å². The topological polar surface area (TPSA) is 44.5 Å². The Labute approximate surface area is 111 Å². The fourth-order valence-corrected chi connectivity index (χ4v) is 2.14. The van der Waals surface area contributed by atoms with E-state index in [2.05, 4.69) is 36.7 Å². The van der Waals surface area contributed by atoms with Crippen LogP contribution in [0.15, 0.2) is 16.6 Å². The maximum absolute atomic E-state index is 6.26. The lowest BCUT2D eigenvalue weighted by molar-refractivity contribution is 0.321. The Balaban J connectivity index is 3.26. The van der Waals surface area contributed by atoms with Gasteiger partial charge in [-0.15, -0.1) is 0 Å². The minimum absolute atomic E-state index is 0.0118. The van der Waals surface area contributed by atoms with Crippen LogP contribution in [0.2, 0.25) is 0 Å². The summed E-state index contributed by atoms with van der Waals surface area (Å²) in [5, 5.41) is 0. The lowest BCUT2D eigenvalue weighted by Crippen LogP contribution is -2.26. The van der Waals surface area contributed by atoms with Gasteiger partial charge in [0.1, 0.15) is 0 Å². The molecule has 0 amide bonds. The standard InChI is InChI=1S/C13H20BrNO2/c1-13(2,3)12(15)8-6-10(16-4)11(17-5)7-9(8)14/h6-7,12H,15H2,1-5H3. The van der Waals surface area contributed by atoms with Crippen LogP contribution < -0.4 is 15.2 Å². The van der Waals surface area contributed by atoms with Gasteiger partial charge in [0.2, 0.25) is 0 Å². The molecule has 1 aromatic rings. The molecule has 1 unspecified atom stereocenters. The average Bonchev–Trinajstić information content (AvgIpc) is 2.26. The van der Waals surface area contributed by atoms with E-state index >= 15 is 0 Å². The second-order valence-electron chi connectivity index (χ2n) is 5.07. The number of methoxy groups -OCH3 is 2. The third-order valence-electron chi connectivity index (χ3n) is 2.77. The molecule has 0 saturated carbocycles. The monoisotopic (exact) mass is 301 g/mol. The highest BCUT2D eigenvalue weighted by molar-refractivity contribution is 9.10. The summed E-state index contributed by atoms with van der Waals surface area (Å²) in [5.74, 6) is 1.40. The zero-order chi connectivity index (χ0) is 13.2. The Morgan fingerprint density at radius 1 is 1.12 bits per heavy atom. The molecule has 0 fully saturated rings. The van der Waals surface area contributed by atoms with Crippen LogP contribution in [0.3, 0.4) is 0 Å². The predicted octanol–water partition coefficient (Wildman–Crippen LogP) is 3.51. The molecule has 1 atom stereocenters. The third kappa shape index (κ3) is 3.13. The number of nitrogens with two attached hydrogens (primary N) is 1. The van der Waals surface area contributed by atoms with Gasteiger partial charge in [-0.3, -0.25) is 0 Å². The van der Waals surface area contributed by atoms with Crippen LogP contribution in [-0.4, -0.2) is 14.2 Å². The van der Waals surface area contributed by atoms with Gasteiger partial charge in [-0.25, -0.2) is 0 Å². The second-order valence-corrected chi connectivity index (χ2v) is 5.93. The van der Waals surface area contributed by atoms with Crippen LogP contribution in [0.5, 0.6) is 11.5 Å². The van der Waals surface area contributed by atoms with E-state index in [0.29, 0.717) is 11.5 Å². The molecule has 0 radical (unpaired) electrons. The molecule has 0 saturated heterocycles. The molecule has 0 aliphatic carbocycles. The van der Waals surface area contributed by atoms with Crippen LogP contribution in [0.25, 0.3) is 0 Å². The highest BCUT2D eigenvalue weighted by atomic mass is 79.9. The van der Waals surface area contributed by atoms with Crippen LogP contribution >= 0.6 is 15.9 Å². The van der Waals surface area contributed by atoms with E-state index < -0.39 is 0 Å².